The van der Waals surface area contributed by atoms with Crippen molar-refractivity contribution in [2.75, 3.05) is 0 Å². The monoisotopic (exact) mass is 200 g/mol. The van der Waals surface area contributed by atoms with E-state index in [1.165, 1.54) is 12.1 Å². The summed E-state index contributed by atoms with van der Waals surface area (Å²) in [6, 6.07) is 14.2. The van der Waals surface area contributed by atoms with Crippen LogP contribution in [0.25, 0.3) is 11.1 Å². The van der Waals surface area contributed by atoms with Gasteiger partial charge in [0.15, 0.2) is 0 Å². The topological polar surface area (TPSA) is 23.8 Å². The molecule has 2 heteroatoms. The van der Waals surface area contributed by atoms with Crippen molar-refractivity contribution in [3.05, 3.63) is 59.9 Å². The van der Waals surface area contributed by atoms with Crippen molar-refractivity contribution in [3.8, 4) is 11.1 Å². The second-order valence-corrected chi connectivity index (χ2v) is 3.38. The van der Waals surface area contributed by atoms with Crippen LogP contribution in [0.5, 0.6) is 0 Å². The predicted molar refractivity (Wildman–Crippen MR) is 58.6 cm³/mol. The molecule has 0 aliphatic heterocycles. The molecule has 0 atom stereocenters. The van der Waals surface area contributed by atoms with Crippen LogP contribution in [0.3, 0.4) is 0 Å². The van der Waals surface area contributed by atoms with Gasteiger partial charge in [0, 0.05) is 6.54 Å². The van der Waals surface area contributed by atoms with Crippen molar-refractivity contribution in [1.29, 1.82) is 0 Å². The molecule has 2 aromatic carbocycles. The summed E-state index contributed by atoms with van der Waals surface area (Å²) in [5.74, 6) is -0.226. The SMILES string of the molecule is [NH]Cc1cccc(-c2ccc(F)cc2)c1. The van der Waals surface area contributed by atoms with E-state index >= 15 is 0 Å². The second kappa shape index (κ2) is 4.24. The molecule has 0 fully saturated rings. The summed E-state index contributed by atoms with van der Waals surface area (Å²) in [6.45, 7) is 0.273. The Kier molecular flexibility index (Phi) is 2.79. The molecule has 0 aromatic heterocycles. The van der Waals surface area contributed by atoms with Crippen LogP contribution >= 0.6 is 0 Å². The van der Waals surface area contributed by atoms with Crippen LogP contribution < -0.4 is 5.73 Å². The summed E-state index contributed by atoms with van der Waals surface area (Å²) in [7, 11) is 0. The summed E-state index contributed by atoms with van der Waals surface area (Å²) in [5.41, 5.74) is 10.3. The van der Waals surface area contributed by atoms with Gasteiger partial charge in [-0.25, -0.2) is 4.39 Å². The molecule has 2 aromatic rings. The van der Waals surface area contributed by atoms with E-state index in [0.717, 1.165) is 16.7 Å². The van der Waals surface area contributed by atoms with Gasteiger partial charge in [-0.2, -0.15) is 0 Å². The molecule has 0 saturated heterocycles. The van der Waals surface area contributed by atoms with Crippen LogP contribution in [0, 0.1) is 5.82 Å². The molecule has 0 aliphatic rings. The predicted octanol–water partition coefficient (Wildman–Crippen LogP) is 3.28. The van der Waals surface area contributed by atoms with Gasteiger partial charge in [-0.1, -0.05) is 30.3 Å². The highest BCUT2D eigenvalue weighted by Gasteiger charge is 1.98. The number of hydrogen-bond donors (Lipinski definition) is 0. The molecule has 2 rings (SSSR count). The molecule has 15 heavy (non-hydrogen) atoms. The molecule has 0 heterocycles. The van der Waals surface area contributed by atoms with E-state index < -0.39 is 0 Å². The third-order valence-electron chi connectivity index (χ3n) is 2.31. The standard InChI is InChI=1S/C13H11FN/c14-13-6-4-11(5-7-13)12-3-1-2-10(8-12)9-15/h1-8,15H,9H2. The third-order valence-corrected chi connectivity index (χ3v) is 2.31. The average Bonchev–Trinajstić information content (AvgIpc) is 2.30. The Labute approximate surface area is 88.4 Å². The first kappa shape index (κ1) is 9.87. The summed E-state index contributed by atoms with van der Waals surface area (Å²) in [4.78, 5) is 0. The van der Waals surface area contributed by atoms with Crippen molar-refractivity contribution in [2.24, 2.45) is 0 Å². The lowest BCUT2D eigenvalue weighted by molar-refractivity contribution is 0.628. The molecule has 1 N–H and O–H groups in total. The van der Waals surface area contributed by atoms with Gasteiger partial charge < -0.3 is 0 Å². The zero-order valence-corrected chi connectivity index (χ0v) is 8.20. The molecule has 1 nitrogen and oxygen atoms in total. The van der Waals surface area contributed by atoms with Gasteiger partial charge in [-0.3, -0.25) is 5.73 Å². The summed E-state index contributed by atoms with van der Waals surface area (Å²) < 4.78 is 12.7. The Morgan fingerprint density at radius 3 is 2.33 bits per heavy atom. The maximum Gasteiger partial charge on any atom is 0.123 e. The van der Waals surface area contributed by atoms with Gasteiger partial charge in [-0.05, 0) is 34.9 Å². The number of rotatable bonds is 2. The molecule has 0 bridgehead atoms. The van der Waals surface area contributed by atoms with E-state index in [1.807, 2.05) is 24.3 Å². The largest absolute Gasteiger partial charge is 0.253 e. The van der Waals surface area contributed by atoms with E-state index in [0.29, 0.717) is 0 Å². The van der Waals surface area contributed by atoms with Gasteiger partial charge >= 0.3 is 0 Å². The maximum absolute atomic E-state index is 12.7. The first-order valence-electron chi connectivity index (χ1n) is 4.79. The number of halogens is 1. The van der Waals surface area contributed by atoms with Crippen LogP contribution in [0.1, 0.15) is 5.56 Å². The highest BCUT2D eigenvalue weighted by molar-refractivity contribution is 5.63. The van der Waals surface area contributed by atoms with Crippen molar-refractivity contribution in [1.82, 2.24) is 5.73 Å². The molecule has 0 aliphatic carbocycles. The van der Waals surface area contributed by atoms with Gasteiger partial charge in [0.2, 0.25) is 0 Å². The molecule has 1 radical (unpaired) electrons. The minimum absolute atomic E-state index is 0.226. The van der Waals surface area contributed by atoms with Gasteiger partial charge in [-0.15, -0.1) is 0 Å². The van der Waals surface area contributed by atoms with Gasteiger partial charge in [0.25, 0.3) is 0 Å². The van der Waals surface area contributed by atoms with E-state index in [9.17, 15) is 4.39 Å². The van der Waals surface area contributed by atoms with Crippen LogP contribution in [-0.2, 0) is 6.54 Å². The van der Waals surface area contributed by atoms with Gasteiger partial charge in [0.1, 0.15) is 5.82 Å². The normalized spacial score (nSPS) is 10.3. The Bertz CT molecular complexity index is 448. The summed E-state index contributed by atoms with van der Waals surface area (Å²) in [5, 5.41) is 0. The molecular formula is C13H11FN. The summed E-state index contributed by atoms with van der Waals surface area (Å²) in [6.07, 6.45) is 0. The molecule has 0 spiro atoms. The molecular weight excluding hydrogens is 189 g/mol. The van der Waals surface area contributed by atoms with Crippen molar-refractivity contribution in [3.63, 3.8) is 0 Å². The Balaban J connectivity index is 2.40. The minimum Gasteiger partial charge on any atom is -0.253 e. The quantitative estimate of drug-likeness (QED) is 0.710. The first-order valence-corrected chi connectivity index (χ1v) is 4.79. The fourth-order valence-corrected chi connectivity index (χ4v) is 1.50. The Hall–Kier alpha value is -1.67. The van der Waals surface area contributed by atoms with Gasteiger partial charge in [0.05, 0.1) is 0 Å². The molecule has 0 amide bonds. The van der Waals surface area contributed by atoms with Crippen LogP contribution in [-0.4, -0.2) is 0 Å². The number of benzene rings is 2. The summed E-state index contributed by atoms with van der Waals surface area (Å²) >= 11 is 0. The fourth-order valence-electron chi connectivity index (χ4n) is 1.50. The lowest BCUT2D eigenvalue weighted by atomic mass is 10.0. The van der Waals surface area contributed by atoms with Crippen molar-refractivity contribution in [2.45, 2.75) is 6.54 Å². The first-order chi connectivity index (χ1) is 7.29. The number of hydrogen-bond acceptors (Lipinski definition) is 0. The lowest BCUT2D eigenvalue weighted by Gasteiger charge is -2.03. The minimum atomic E-state index is -0.226. The molecule has 0 unspecified atom stereocenters. The smallest absolute Gasteiger partial charge is 0.123 e. The Morgan fingerprint density at radius 1 is 0.933 bits per heavy atom. The van der Waals surface area contributed by atoms with Crippen LogP contribution in [0.4, 0.5) is 4.39 Å². The maximum atomic E-state index is 12.7. The van der Waals surface area contributed by atoms with E-state index in [2.05, 4.69) is 0 Å². The van der Waals surface area contributed by atoms with Crippen molar-refractivity contribution < 1.29 is 4.39 Å². The van der Waals surface area contributed by atoms with E-state index in [4.69, 9.17) is 5.73 Å². The third kappa shape index (κ3) is 2.22. The zero-order chi connectivity index (χ0) is 10.7. The molecule has 75 valence electrons. The molecule has 0 saturated carbocycles. The fraction of sp³-hybridized carbons (Fsp3) is 0.0769. The van der Waals surface area contributed by atoms with Crippen LogP contribution in [0.2, 0.25) is 0 Å². The Morgan fingerprint density at radius 2 is 1.67 bits per heavy atom. The van der Waals surface area contributed by atoms with E-state index in [-0.39, 0.29) is 12.4 Å². The highest BCUT2D eigenvalue weighted by Crippen LogP contribution is 2.20. The van der Waals surface area contributed by atoms with E-state index in [1.54, 1.807) is 12.1 Å². The number of nitrogens with one attached hydrogen (secondary N) is 1. The lowest BCUT2D eigenvalue weighted by Crippen LogP contribution is -1.85. The highest BCUT2D eigenvalue weighted by atomic mass is 19.1. The van der Waals surface area contributed by atoms with Crippen LogP contribution in [0.15, 0.2) is 48.5 Å². The second-order valence-electron chi connectivity index (χ2n) is 3.38. The average molecular weight is 200 g/mol. The zero-order valence-electron chi connectivity index (χ0n) is 8.20. The van der Waals surface area contributed by atoms with Crippen molar-refractivity contribution >= 4 is 0 Å².